The van der Waals surface area contributed by atoms with E-state index in [4.69, 9.17) is 0 Å². The Morgan fingerprint density at radius 2 is 1.70 bits per heavy atom. The summed E-state index contributed by atoms with van der Waals surface area (Å²) in [4.78, 5) is 26.4. The third kappa shape index (κ3) is 3.09. The Hall–Kier alpha value is -2.43. The number of likely N-dealkylation sites (tertiary alicyclic amines) is 1. The second kappa shape index (κ2) is 6.63. The lowest BCUT2D eigenvalue weighted by molar-refractivity contribution is -0.135. The largest absolute Gasteiger partial charge is 0.350 e. The summed E-state index contributed by atoms with van der Waals surface area (Å²) in [6, 6.07) is 13.5. The molecule has 5 heteroatoms. The number of hydrogen-bond donors (Lipinski definition) is 0. The fraction of sp³-hybridized carbons (Fsp3) is 0.500. The molecule has 1 aromatic carbocycles. The number of benzene rings is 1. The van der Waals surface area contributed by atoms with E-state index in [9.17, 15) is 4.79 Å². The van der Waals surface area contributed by atoms with Crippen LogP contribution >= 0.6 is 0 Å². The molecule has 0 spiro atoms. The molecule has 140 valence electrons. The highest BCUT2D eigenvalue weighted by Crippen LogP contribution is 2.50. The molecule has 2 saturated carbocycles. The first-order valence-electron chi connectivity index (χ1n) is 10.2. The Balaban J connectivity index is 1.27. The summed E-state index contributed by atoms with van der Waals surface area (Å²) >= 11 is 0. The van der Waals surface area contributed by atoms with Crippen molar-refractivity contribution in [3.63, 3.8) is 0 Å². The Morgan fingerprint density at radius 3 is 2.30 bits per heavy atom. The summed E-state index contributed by atoms with van der Waals surface area (Å²) in [5.41, 5.74) is 0.953. The molecule has 1 amide bonds. The lowest BCUT2D eigenvalue weighted by atomic mass is 9.92. The van der Waals surface area contributed by atoms with Crippen LogP contribution in [0.3, 0.4) is 0 Å². The normalized spacial score (nSPS) is 21.7. The van der Waals surface area contributed by atoms with E-state index in [1.54, 1.807) is 6.33 Å². The third-order valence-electron chi connectivity index (χ3n) is 6.40. The fourth-order valence-corrected chi connectivity index (χ4v) is 4.62. The second-order valence-corrected chi connectivity index (χ2v) is 8.18. The van der Waals surface area contributed by atoms with E-state index in [0.29, 0.717) is 18.0 Å². The summed E-state index contributed by atoms with van der Waals surface area (Å²) < 4.78 is 0. The maximum Gasteiger partial charge on any atom is 0.233 e. The van der Waals surface area contributed by atoms with E-state index in [2.05, 4.69) is 31.9 Å². The van der Waals surface area contributed by atoms with Crippen molar-refractivity contribution in [3.8, 4) is 0 Å². The average Bonchev–Trinajstić information content (AvgIpc) is 3.64. The highest BCUT2D eigenvalue weighted by molar-refractivity contribution is 5.91. The lowest BCUT2D eigenvalue weighted by Gasteiger charge is -2.40. The van der Waals surface area contributed by atoms with Crippen LogP contribution in [0.2, 0.25) is 0 Å². The van der Waals surface area contributed by atoms with Gasteiger partial charge < -0.3 is 9.80 Å². The zero-order valence-electron chi connectivity index (χ0n) is 15.6. The van der Waals surface area contributed by atoms with Gasteiger partial charge >= 0.3 is 0 Å². The first kappa shape index (κ1) is 16.7. The van der Waals surface area contributed by atoms with Crippen molar-refractivity contribution in [1.82, 2.24) is 14.9 Å². The van der Waals surface area contributed by atoms with Crippen LogP contribution in [-0.2, 0) is 10.2 Å². The Labute approximate surface area is 160 Å². The van der Waals surface area contributed by atoms with E-state index in [-0.39, 0.29) is 5.41 Å². The van der Waals surface area contributed by atoms with Crippen molar-refractivity contribution >= 4 is 11.7 Å². The smallest absolute Gasteiger partial charge is 0.233 e. The van der Waals surface area contributed by atoms with Gasteiger partial charge in [0.15, 0.2) is 0 Å². The van der Waals surface area contributed by atoms with Crippen LogP contribution in [0.1, 0.15) is 44.1 Å². The van der Waals surface area contributed by atoms with Crippen LogP contribution in [0, 0.1) is 0 Å². The molecule has 3 aliphatic rings. The van der Waals surface area contributed by atoms with Crippen molar-refractivity contribution in [2.24, 2.45) is 0 Å². The van der Waals surface area contributed by atoms with E-state index in [1.807, 2.05) is 30.5 Å². The van der Waals surface area contributed by atoms with Gasteiger partial charge in [-0.25, -0.2) is 9.97 Å². The van der Waals surface area contributed by atoms with Gasteiger partial charge in [0.05, 0.1) is 5.41 Å². The monoisotopic (exact) mass is 362 g/mol. The van der Waals surface area contributed by atoms with E-state index in [1.165, 1.54) is 18.4 Å². The third-order valence-corrected chi connectivity index (χ3v) is 6.40. The number of amides is 1. The molecule has 2 heterocycles. The highest BCUT2D eigenvalue weighted by Gasteiger charge is 2.53. The topological polar surface area (TPSA) is 49.3 Å². The second-order valence-electron chi connectivity index (χ2n) is 8.18. The summed E-state index contributed by atoms with van der Waals surface area (Å²) in [6.45, 7) is 1.71. The highest BCUT2D eigenvalue weighted by atomic mass is 16.2. The molecule has 1 aromatic heterocycles. The molecule has 1 saturated heterocycles. The van der Waals surface area contributed by atoms with Gasteiger partial charge in [-0.05, 0) is 50.2 Å². The van der Waals surface area contributed by atoms with E-state index < -0.39 is 0 Å². The predicted molar refractivity (Wildman–Crippen MR) is 104 cm³/mol. The van der Waals surface area contributed by atoms with E-state index in [0.717, 1.165) is 44.6 Å². The minimum atomic E-state index is -0.239. The van der Waals surface area contributed by atoms with Crippen LogP contribution in [-0.4, -0.2) is 45.9 Å². The Morgan fingerprint density at radius 1 is 1.00 bits per heavy atom. The number of carbonyl (C=O) groups excluding carboxylic acids is 1. The van der Waals surface area contributed by atoms with Gasteiger partial charge in [-0.2, -0.15) is 0 Å². The van der Waals surface area contributed by atoms with Crippen molar-refractivity contribution < 1.29 is 4.79 Å². The maximum atomic E-state index is 13.3. The van der Waals surface area contributed by atoms with Crippen LogP contribution < -0.4 is 4.90 Å². The number of carbonyl (C=O) groups is 1. The fourth-order valence-electron chi connectivity index (χ4n) is 4.62. The molecule has 0 unspecified atom stereocenters. The van der Waals surface area contributed by atoms with E-state index >= 15 is 0 Å². The zero-order valence-corrected chi connectivity index (χ0v) is 15.6. The summed E-state index contributed by atoms with van der Waals surface area (Å²) in [7, 11) is 0. The quantitative estimate of drug-likeness (QED) is 0.820. The van der Waals surface area contributed by atoms with Gasteiger partial charge in [0.25, 0.3) is 0 Å². The molecule has 0 N–H and O–H groups in total. The lowest BCUT2D eigenvalue weighted by Crippen LogP contribution is -2.50. The molecule has 2 aromatic rings. The van der Waals surface area contributed by atoms with Crippen molar-refractivity contribution in [2.45, 2.75) is 56.0 Å². The number of piperidine rings is 1. The van der Waals surface area contributed by atoms with Crippen molar-refractivity contribution in [3.05, 3.63) is 54.5 Å². The molecule has 5 nitrogen and oxygen atoms in total. The van der Waals surface area contributed by atoms with Gasteiger partial charge in [-0.1, -0.05) is 30.3 Å². The molecule has 27 heavy (non-hydrogen) atoms. The van der Waals surface area contributed by atoms with Crippen molar-refractivity contribution in [1.29, 1.82) is 0 Å². The van der Waals surface area contributed by atoms with Gasteiger partial charge in [0, 0.05) is 31.4 Å². The molecule has 0 radical (unpaired) electrons. The number of rotatable bonds is 5. The Bertz CT molecular complexity index is 794. The standard InChI is InChI=1S/C22H26N4O/c27-21(22(11-12-22)17-4-2-1-3-5-17)25-14-9-19(10-15-25)26(18-6-7-18)20-8-13-23-16-24-20/h1-5,8,13,16,18-19H,6-7,9-12,14-15H2. The maximum absolute atomic E-state index is 13.3. The van der Waals surface area contributed by atoms with Crippen LogP contribution in [0.4, 0.5) is 5.82 Å². The molecule has 1 aliphatic heterocycles. The molecule has 3 fully saturated rings. The molecule has 5 rings (SSSR count). The van der Waals surface area contributed by atoms with Crippen molar-refractivity contribution in [2.75, 3.05) is 18.0 Å². The Kier molecular flexibility index (Phi) is 4.10. The molecule has 2 aliphatic carbocycles. The summed E-state index contributed by atoms with van der Waals surface area (Å²) in [5, 5.41) is 0. The SMILES string of the molecule is O=C(N1CCC(N(c2ccncn2)C2CC2)CC1)C1(c2ccccc2)CC1. The zero-order chi connectivity index (χ0) is 18.3. The summed E-state index contributed by atoms with van der Waals surface area (Å²) in [6.07, 6.45) is 10.00. The first-order valence-corrected chi connectivity index (χ1v) is 10.2. The molecular formula is C22H26N4O. The minimum absolute atomic E-state index is 0.239. The number of anilines is 1. The number of aromatic nitrogens is 2. The summed E-state index contributed by atoms with van der Waals surface area (Å²) in [5.74, 6) is 1.38. The predicted octanol–water partition coefficient (Wildman–Crippen LogP) is 3.17. The number of hydrogen-bond acceptors (Lipinski definition) is 4. The average molecular weight is 362 g/mol. The van der Waals surface area contributed by atoms with Gasteiger partial charge in [-0.3, -0.25) is 4.79 Å². The van der Waals surface area contributed by atoms with Crippen LogP contribution in [0.25, 0.3) is 0 Å². The van der Waals surface area contributed by atoms with Gasteiger partial charge in [0.2, 0.25) is 5.91 Å². The first-order chi connectivity index (χ1) is 13.3. The van der Waals surface area contributed by atoms with Crippen LogP contribution in [0.5, 0.6) is 0 Å². The molecule has 0 atom stereocenters. The van der Waals surface area contributed by atoms with Crippen LogP contribution in [0.15, 0.2) is 48.9 Å². The minimum Gasteiger partial charge on any atom is -0.350 e. The number of nitrogens with zero attached hydrogens (tertiary/aromatic N) is 4. The molecular weight excluding hydrogens is 336 g/mol. The van der Waals surface area contributed by atoms with Gasteiger partial charge in [-0.15, -0.1) is 0 Å². The molecule has 0 bridgehead atoms. The van der Waals surface area contributed by atoms with Gasteiger partial charge in [0.1, 0.15) is 12.1 Å².